The van der Waals surface area contributed by atoms with E-state index < -0.39 is 0 Å². The maximum Gasteiger partial charge on any atom is 0.0462 e. The molecule has 0 rings (SSSR count). The van der Waals surface area contributed by atoms with Crippen molar-refractivity contribution in [1.29, 1.82) is 0 Å². The van der Waals surface area contributed by atoms with Gasteiger partial charge in [-0.05, 0) is 31.9 Å². The minimum absolute atomic E-state index is 0.853. The number of ether oxygens (including phenoxy) is 1. The molecule has 0 radical (unpaired) electrons. The Hall–Kier alpha value is -0.0500. The van der Waals surface area contributed by atoms with Gasteiger partial charge in [0.15, 0.2) is 0 Å². The summed E-state index contributed by atoms with van der Waals surface area (Å²) in [7, 11) is 1.73. The van der Waals surface area contributed by atoms with Crippen molar-refractivity contribution in [1.82, 2.24) is 5.32 Å². The molecule has 0 aliphatic heterocycles. The number of halogens is 1. The molecule has 2 nitrogen and oxygen atoms in total. The fraction of sp³-hybridized carbons (Fsp3) is 0.778. The van der Waals surface area contributed by atoms with Crippen LogP contribution in [0.25, 0.3) is 0 Å². The van der Waals surface area contributed by atoms with Crippen LogP contribution in [0.1, 0.15) is 19.8 Å². The summed E-state index contributed by atoms with van der Waals surface area (Å²) in [6.07, 6.45) is 2.27. The predicted octanol–water partition coefficient (Wildman–Crippen LogP) is 2.15. The number of unbranched alkanes of at least 4 members (excludes halogenated alkanes) is 1. The van der Waals surface area contributed by atoms with Crippen molar-refractivity contribution in [3.8, 4) is 0 Å². The minimum Gasteiger partial charge on any atom is -0.385 e. The number of rotatable bonds is 7. The summed E-state index contributed by atoms with van der Waals surface area (Å²) in [5, 5.41) is 3.29. The zero-order valence-corrected chi connectivity index (χ0v) is 8.66. The Labute approximate surface area is 79.9 Å². The van der Waals surface area contributed by atoms with Crippen LogP contribution in [-0.2, 0) is 4.74 Å². The standard InChI is InChI=1S/C9H18ClNO/c1-9(7-10)8-11-5-3-4-6-12-2/h7,11H,3-6,8H2,1-2H3. The van der Waals surface area contributed by atoms with Gasteiger partial charge < -0.3 is 10.1 Å². The molecule has 0 unspecified atom stereocenters. The molecule has 0 aromatic carbocycles. The van der Waals surface area contributed by atoms with Crippen molar-refractivity contribution < 1.29 is 4.74 Å². The predicted molar refractivity (Wildman–Crippen MR) is 53.6 cm³/mol. The Kier molecular flexibility index (Phi) is 9.00. The topological polar surface area (TPSA) is 21.3 Å². The molecule has 0 amide bonds. The van der Waals surface area contributed by atoms with Crippen LogP contribution in [0.3, 0.4) is 0 Å². The van der Waals surface area contributed by atoms with Crippen molar-refractivity contribution in [3.63, 3.8) is 0 Å². The molecule has 0 aromatic heterocycles. The van der Waals surface area contributed by atoms with E-state index in [1.54, 1.807) is 12.6 Å². The van der Waals surface area contributed by atoms with Gasteiger partial charge in [0, 0.05) is 25.8 Å². The third-order valence-corrected chi connectivity index (χ3v) is 1.91. The van der Waals surface area contributed by atoms with Crippen molar-refractivity contribution in [2.75, 3.05) is 26.8 Å². The second kappa shape index (κ2) is 9.04. The molecular formula is C9H18ClNO. The van der Waals surface area contributed by atoms with E-state index in [4.69, 9.17) is 16.3 Å². The second-order valence-electron chi connectivity index (χ2n) is 2.83. The Balaban J connectivity index is 3.00. The van der Waals surface area contributed by atoms with Crippen LogP contribution in [0.4, 0.5) is 0 Å². The molecule has 0 aromatic rings. The highest BCUT2D eigenvalue weighted by Crippen LogP contribution is 1.93. The lowest BCUT2D eigenvalue weighted by molar-refractivity contribution is 0.193. The molecule has 0 heterocycles. The van der Waals surface area contributed by atoms with Crippen LogP contribution < -0.4 is 5.32 Å². The summed E-state index contributed by atoms with van der Waals surface area (Å²) >= 11 is 5.49. The smallest absolute Gasteiger partial charge is 0.0462 e. The first-order chi connectivity index (χ1) is 5.81. The third-order valence-electron chi connectivity index (χ3n) is 1.54. The Morgan fingerprint density at radius 1 is 1.50 bits per heavy atom. The Morgan fingerprint density at radius 3 is 2.83 bits per heavy atom. The van der Waals surface area contributed by atoms with E-state index in [1.807, 2.05) is 6.92 Å². The number of hydrogen-bond donors (Lipinski definition) is 1. The van der Waals surface area contributed by atoms with E-state index in [2.05, 4.69) is 5.32 Å². The zero-order valence-electron chi connectivity index (χ0n) is 7.90. The molecule has 0 atom stereocenters. The molecular weight excluding hydrogens is 174 g/mol. The summed E-state index contributed by atoms with van der Waals surface area (Å²) < 4.78 is 4.93. The van der Waals surface area contributed by atoms with E-state index in [0.717, 1.165) is 32.5 Å². The molecule has 0 saturated carbocycles. The fourth-order valence-electron chi connectivity index (χ4n) is 0.821. The second-order valence-corrected chi connectivity index (χ2v) is 3.05. The van der Waals surface area contributed by atoms with Gasteiger partial charge in [0.05, 0.1) is 0 Å². The van der Waals surface area contributed by atoms with Crippen molar-refractivity contribution in [3.05, 3.63) is 11.1 Å². The molecule has 0 aliphatic carbocycles. The highest BCUT2D eigenvalue weighted by molar-refractivity contribution is 6.25. The monoisotopic (exact) mass is 191 g/mol. The van der Waals surface area contributed by atoms with Gasteiger partial charge in [0.25, 0.3) is 0 Å². The highest BCUT2D eigenvalue weighted by Gasteiger charge is 1.89. The van der Waals surface area contributed by atoms with Crippen LogP contribution in [0.2, 0.25) is 0 Å². The molecule has 0 bridgehead atoms. The van der Waals surface area contributed by atoms with Gasteiger partial charge in [-0.15, -0.1) is 0 Å². The molecule has 1 N–H and O–H groups in total. The maximum absolute atomic E-state index is 5.49. The lowest BCUT2D eigenvalue weighted by atomic mass is 10.3. The highest BCUT2D eigenvalue weighted by atomic mass is 35.5. The summed E-state index contributed by atoms with van der Waals surface area (Å²) in [5.41, 5.74) is 2.78. The van der Waals surface area contributed by atoms with Crippen LogP contribution in [-0.4, -0.2) is 26.8 Å². The van der Waals surface area contributed by atoms with Crippen LogP contribution in [0, 0.1) is 0 Å². The summed E-state index contributed by atoms with van der Waals surface area (Å²) in [6.45, 7) is 4.78. The van der Waals surface area contributed by atoms with Gasteiger partial charge >= 0.3 is 0 Å². The van der Waals surface area contributed by atoms with Crippen LogP contribution in [0.5, 0.6) is 0 Å². The first-order valence-corrected chi connectivity index (χ1v) is 4.70. The SMILES string of the molecule is COCCCCNCC(C)=CCl. The van der Waals surface area contributed by atoms with Gasteiger partial charge in [-0.25, -0.2) is 0 Å². The summed E-state index contributed by atoms with van der Waals surface area (Å²) in [6, 6.07) is 0. The summed E-state index contributed by atoms with van der Waals surface area (Å²) in [5.74, 6) is 0. The zero-order chi connectivity index (χ0) is 9.23. The van der Waals surface area contributed by atoms with E-state index in [1.165, 1.54) is 5.57 Å². The van der Waals surface area contributed by atoms with Gasteiger partial charge in [-0.1, -0.05) is 11.6 Å². The number of nitrogens with one attached hydrogen (secondary N) is 1. The van der Waals surface area contributed by atoms with Crippen LogP contribution in [0.15, 0.2) is 11.1 Å². The molecule has 0 fully saturated rings. The average molecular weight is 192 g/mol. The van der Waals surface area contributed by atoms with Gasteiger partial charge in [0.1, 0.15) is 0 Å². The Bertz CT molecular complexity index is 126. The third kappa shape index (κ3) is 8.05. The van der Waals surface area contributed by atoms with Gasteiger partial charge in [0.2, 0.25) is 0 Å². The normalized spacial score (nSPS) is 12.1. The quantitative estimate of drug-likeness (QED) is 0.623. The lowest BCUT2D eigenvalue weighted by Crippen LogP contribution is -2.17. The molecule has 12 heavy (non-hydrogen) atoms. The van der Waals surface area contributed by atoms with Crippen LogP contribution >= 0.6 is 11.6 Å². The largest absolute Gasteiger partial charge is 0.385 e. The first kappa shape index (κ1) is 11.9. The van der Waals surface area contributed by atoms with Crippen molar-refractivity contribution in [2.24, 2.45) is 0 Å². The molecule has 0 spiro atoms. The van der Waals surface area contributed by atoms with E-state index in [0.29, 0.717) is 0 Å². The van der Waals surface area contributed by atoms with Crippen molar-refractivity contribution >= 4 is 11.6 Å². The lowest BCUT2D eigenvalue weighted by Gasteiger charge is -2.03. The van der Waals surface area contributed by atoms with E-state index in [9.17, 15) is 0 Å². The van der Waals surface area contributed by atoms with Gasteiger partial charge in [-0.2, -0.15) is 0 Å². The van der Waals surface area contributed by atoms with Gasteiger partial charge in [-0.3, -0.25) is 0 Å². The minimum atomic E-state index is 0.853. The molecule has 0 saturated heterocycles. The summed E-state index contributed by atoms with van der Waals surface area (Å²) in [4.78, 5) is 0. The first-order valence-electron chi connectivity index (χ1n) is 4.26. The van der Waals surface area contributed by atoms with E-state index in [-0.39, 0.29) is 0 Å². The fourth-order valence-corrected chi connectivity index (χ4v) is 0.898. The number of methoxy groups -OCH3 is 1. The molecule has 3 heteroatoms. The molecule has 0 aliphatic rings. The van der Waals surface area contributed by atoms with E-state index >= 15 is 0 Å². The maximum atomic E-state index is 5.49. The number of hydrogen-bond acceptors (Lipinski definition) is 2. The average Bonchev–Trinajstić information content (AvgIpc) is 2.10. The van der Waals surface area contributed by atoms with Crippen molar-refractivity contribution in [2.45, 2.75) is 19.8 Å². The molecule has 72 valence electrons. The Morgan fingerprint density at radius 2 is 2.25 bits per heavy atom.